The number of halogens is 1. The van der Waals surface area contributed by atoms with E-state index in [0.717, 1.165) is 0 Å². The zero-order valence-corrected chi connectivity index (χ0v) is 9.27. The van der Waals surface area contributed by atoms with Crippen molar-refractivity contribution in [2.75, 3.05) is 0 Å². The number of aryl methyl sites for hydroxylation is 1. The lowest BCUT2D eigenvalue weighted by Crippen LogP contribution is -2.02. The van der Waals surface area contributed by atoms with E-state index in [1.165, 1.54) is 6.07 Å². The van der Waals surface area contributed by atoms with Crippen LogP contribution in [0.2, 0.25) is 0 Å². The Morgan fingerprint density at radius 2 is 2.25 bits per heavy atom. The number of carboxylic acids is 1. The van der Waals surface area contributed by atoms with Gasteiger partial charge in [-0.05, 0) is 12.5 Å². The van der Waals surface area contributed by atoms with Crippen molar-refractivity contribution in [3.8, 4) is 0 Å². The van der Waals surface area contributed by atoms with Crippen LogP contribution in [0.15, 0.2) is 18.2 Å². The third-order valence-electron chi connectivity index (χ3n) is 2.15. The van der Waals surface area contributed by atoms with Crippen LogP contribution < -0.4 is 0 Å². The van der Waals surface area contributed by atoms with Crippen molar-refractivity contribution in [2.24, 2.45) is 0 Å². The van der Waals surface area contributed by atoms with Gasteiger partial charge in [0.25, 0.3) is 5.69 Å². The second kappa shape index (κ2) is 4.94. The van der Waals surface area contributed by atoms with E-state index in [2.05, 4.69) is 0 Å². The maximum absolute atomic E-state index is 10.7. The topological polar surface area (TPSA) is 80.4 Å². The molecule has 0 aliphatic heterocycles. The number of rotatable bonds is 4. The second-order valence-electron chi connectivity index (χ2n) is 3.37. The van der Waals surface area contributed by atoms with Crippen LogP contribution in [0.3, 0.4) is 0 Å². The van der Waals surface area contributed by atoms with Crippen molar-refractivity contribution in [1.82, 2.24) is 0 Å². The average Bonchev–Trinajstić information content (AvgIpc) is 2.16. The quantitative estimate of drug-likeness (QED) is 0.501. The minimum absolute atomic E-state index is 0.0476. The Morgan fingerprint density at radius 3 is 2.75 bits per heavy atom. The van der Waals surface area contributed by atoms with Gasteiger partial charge in [-0.3, -0.25) is 14.9 Å². The van der Waals surface area contributed by atoms with E-state index in [9.17, 15) is 14.9 Å². The van der Waals surface area contributed by atoms with Gasteiger partial charge in [0.1, 0.15) is 0 Å². The predicted molar refractivity (Wildman–Crippen MR) is 58.7 cm³/mol. The average molecular weight is 244 g/mol. The molecule has 0 amide bonds. The smallest absolute Gasteiger partial charge is 0.305 e. The molecule has 1 N–H and O–H groups in total. The van der Waals surface area contributed by atoms with E-state index in [1.54, 1.807) is 19.1 Å². The van der Waals surface area contributed by atoms with Gasteiger partial charge in [-0.25, -0.2) is 0 Å². The first-order chi connectivity index (χ1) is 7.41. The van der Waals surface area contributed by atoms with Gasteiger partial charge in [0.15, 0.2) is 0 Å². The number of alkyl halides is 1. The van der Waals surface area contributed by atoms with E-state index >= 15 is 0 Å². The van der Waals surface area contributed by atoms with Crippen LogP contribution in [0.25, 0.3) is 0 Å². The van der Waals surface area contributed by atoms with Crippen LogP contribution >= 0.6 is 11.6 Å². The summed E-state index contributed by atoms with van der Waals surface area (Å²) in [5, 5.41) is 18.5. The summed E-state index contributed by atoms with van der Waals surface area (Å²) in [4.78, 5) is 20.6. The van der Waals surface area contributed by atoms with Gasteiger partial charge in [-0.15, -0.1) is 11.6 Å². The fraction of sp³-hybridized carbons (Fsp3) is 0.300. The third-order valence-corrected chi connectivity index (χ3v) is 2.55. The minimum atomic E-state index is -1.04. The van der Waals surface area contributed by atoms with E-state index in [-0.39, 0.29) is 12.1 Å². The van der Waals surface area contributed by atoms with Crippen LogP contribution in [0, 0.1) is 17.0 Å². The monoisotopic (exact) mass is 243 g/mol. The molecular formula is C10H10ClNO4. The Hall–Kier alpha value is -1.62. The molecule has 0 aliphatic rings. The van der Waals surface area contributed by atoms with Crippen molar-refractivity contribution < 1.29 is 14.8 Å². The summed E-state index contributed by atoms with van der Waals surface area (Å²) in [6.07, 6.45) is -0.262. The number of benzene rings is 1. The minimum Gasteiger partial charge on any atom is -0.481 e. The number of hydrogen-bond acceptors (Lipinski definition) is 3. The first kappa shape index (κ1) is 12.4. The standard InChI is InChI=1S/C10H10ClNO4/c1-6-2-3-7(4-9(6)12(15)16)8(11)5-10(13)14/h2-4,8H,5H2,1H3,(H,13,14). The largest absolute Gasteiger partial charge is 0.481 e. The van der Waals surface area contributed by atoms with Gasteiger partial charge in [0, 0.05) is 11.6 Å². The number of nitro benzene ring substituents is 1. The molecule has 0 aliphatic carbocycles. The SMILES string of the molecule is Cc1ccc(C(Cl)CC(=O)O)cc1[N+](=O)[O-]. The summed E-state index contributed by atoms with van der Waals surface area (Å²) >= 11 is 5.83. The molecule has 5 nitrogen and oxygen atoms in total. The van der Waals surface area contributed by atoms with E-state index in [0.29, 0.717) is 11.1 Å². The van der Waals surface area contributed by atoms with Crippen LogP contribution in [0.4, 0.5) is 5.69 Å². The number of carboxylic acid groups (broad SMARTS) is 1. The molecule has 0 radical (unpaired) electrons. The molecule has 0 bridgehead atoms. The van der Waals surface area contributed by atoms with Crippen LogP contribution in [0.5, 0.6) is 0 Å². The molecule has 0 aromatic heterocycles. The lowest BCUT2D eigenvalue weighted by molar-refractivity contribution is -0.385. The van der Waals surface area contributed by atoms with Gasteiger partial charge >= 0.3 is 5.97 Å². The highest BCUT2D eigenvalue weighted by Crippen LogP contribution is 2.28. The predicted octanol–water partition coefficient (Wildman–Crippen LogP) is 2.66. The van der Waals surface area contributed by atoms with E-state index in [4.69, 9.17) is 16.7 Å². The zero-order chi connectivity index (χ0) is 12.3. The molecule has 0 saturated heterocycles. The number of carbonyl (C=O) groups is 1. The number of hydrogen-bond donors (Lipinski definition) is 1. The summed E-state index contributed by atoms with van der Waals surface area (Å²) in [7, 11) is 0. The molecule has 16 heavy (non-hydrogen) atoms. The molecule has 1 unspecified atom stereocenters. The normalized spacial score (nSPS) is 12.1. The second-order valence-corrected chi connectivity index (χ2v) is 3.90. The molecule has 1 aromatic rings. The van der Waals surface area contributed by atoms with Crippen molar-refractivity contribution >= 4 is 23.3 Å². The summed E-state index contributed by atoms with van der Waals surface area (Å²) in [5.41, 5.74) is 0.919. The van der Waals surface area contributed by atoms with Gasteiger partial charge in [-0.1, -0.05) is 12.1 Å². The molecule has 1 rings (SSSR count). The Balaban J connectivity index is 3.02. The fourth-order valence-electron chi connectivity index (χ4n) is 1.29. The highest BCUT2D eigenvalue weighted by molar-refractivity contribution is 6.21. The number of nitrogens with zero attached hydrogens (tertiary/aromatic N) is 1. The summed E-state index contributed by atoms with van der Waals surface area (Å²) in [5.74, 6) is -1.04. The van der Waals surface area contributed by atoms with Crippen LogP contribution in [-0.2, 0) is 4.79 Å². The van der Waals surface area contributed by atoms with Gasteiger partial charge < -0.3 is 5.11 Å². The number of aliphatic carboxylic acids is 1. The molecule has 0 heterocycles. The Kier molecular flexibility index (Phi) is 3.84. The first-order valence-electron chi connectivity index (χ1n) is 4.52. The molecule has 0 spiro atoms. The van der Waals surface area contributed by atoms with Crippen molar-refractivity contribution in [3.05, 3.63) is 39.4 Å². The first-order valence-corrected chi connectivity index (χ1v) is 4.96. The molecule has 1 atom stereocenters. The highest BCUT2D eigenvalue weighted by atomic mass is 35.5. The lowest BCUT2D eigenvalue weighted by atomic mass is 10.1. The molecule has 1 aromatic carbocycles. The summed E-state index contributed by atoms with van der Waals surface area (Å²) < 4.78 is 0. The Morgan fingerprint density at radius 1 is 1.62 bits per heavy atom. The van der Waals surface area contributed by atoms with Gasteiger partial charge in [0.2, 0.25) is 0 Å². The zero-order valence-electron chi connectivity index (χ0n) is 8.51. The third kappa shape index (κ3) is 2.93. The fourth-order valence-corrected chi connectivity index (χ4v) is 1.56. The highest BCUT2D eigenvalue weighted by Gasteiger charge is 2.17. The van der Waals surface area contributed by atoms with E-state index in [1.807, 2.05) is 0 Å². The summed E-state index contributed by atoms with van der Waals surface area (Å²) in [6.45, 7) is 1.61. The van der Waals surface area contributed by atoms with Crippen molar-refractivity contribution in [1.29, 1.82) is 0 Å². The van der Waals surface area contributed by atoms with Gasteiger partial charge in [0.05, 0.1) is 16.7 Å². The van der Waals surface area contributed by atoms with Crippen LogP contribution in [-0.4, -0.2) is 16.0 Å². The lowest BCUT2D eigenvalue weighted by Gasteiger charge is -2.07. The Bertz CT molecular complexity index is 433. The maximum Gasteiger partial charge on any atom is 0.305 e. The summed E-state index contributed by atoms with van der Waals surface area (Å²) in [6, 6.07) is 4.48. The molecule has 0 saturated carbocycles. The molecule has 86 valence electrons. The molecule has 6 heteroatoms. The Labute approximate surface area is 96.8 Å². The maximum atomic E-state index is 10.7. The van der Waals surface area contributed by atoms with E-state index < -0.39 is 16.3 Å². The molecular weight excluding hydrogens is 234 g/mol. The number of nitro groups is 1. The van der Waals surface area contributed by atoms with Crippen LogP contribution in [0.1, 0.15) is 22.9 Å². The van der Waals surface area contributed by atoms with Crippen molar-refractivity contribution in [2.45, 2.75) is 18.7 Å². The molecule has 0 fully saturated rings. The van der Waals surface area contributed by atoms with Gasteiger partial charge in [-0.2, -0.15) is 0 Å². The van der Waals surface area contributed by atoms with Crippen molar-refractivity contribution in [3.63, 3.8) is 0 Å².